The molecule has 1 saturated heterocycles. The van der Waals surface area contributed by atoms with Gasteiger partial charge in [-0.25, -0.2) is 4.79 Å². The lowest BCUT2D eigenvalue weighted by Gasteiger charge is -2.21. The standard InChI is InChI=1S/C12H22N2O4/c1-7(2)10(13)11(15)14-9(12(16)17)6-8-4-3-5-18-8/h7-10H,3-6,13H2,1-2H3,(H,14,15)(H,16,17)/t8-,9?,10+/m1/s1. The van der Waals surface area contributed by atoms with E-state index in [9.17, 15) is 9.59 Å². The third kappa shape index (κ3) is 4.27. The zero-order valence-corrected chi connectivity index (χ0v) is 10.9. The van der Waals surface area contributed by atoms with E-state index in [0.29, 0.717) is 13.0 Å². The van der Waals surface area contributed by atoms with Crippen molar-refractivity contribution in [3.05, 3.63) is 0 Å². The summed E-state index contributed by atoms with van der Waals surface area (Å²) in [4.78, 5) is 22.8. The van der Waals surface area contributed by atoms with Crippen molar-refractivity contribution in [2.24, 2.45) is 11.7 Å². The number of rotatable bonds is 6. The third-order valence-corrected chi connectivity index (χ3v) is 3.16. The molecule has 18 heavy (non-hydrogen) atoms. The van der Waals surface area contributed by atoms with E-state index in [-0.39, 0.29) is 12.0 Å². The molecule has 0 spiro atoms. The van der Waals surface area contributed by atoms with Gasteiger partial charge in [-0.1, -0.05) is 13.8 Å². The van der Waals surface area contributed by atoms with Crippen LogP contribution in [0.3, 0.4) is 0 Å². The number of nitrogens with two attached hydrogens (primary N) is 1. The van der Waals surface area contributed by atoms with Gasteiger partial charge in [-0.05, 0) is 18.8 Å². The van der Waals surface area contributed by atoms with Crippen LogP contribution >= 0.6 is 0 Å². The number of ether oxygens (including phenoxy) is 1. The Bertz CT molecular complexity index is 300. The van der Waals surface area contributed by atoms with E-state index in [1.54, 1.807) is 0 Å². The lowest BCUT2D eigenvalue weighted by molar-refractivity contribution is -0.143. The summed E-state index contributed by atoms with van der Waals surface area (Å²) in [5.41, 5.74) is 5.68. The van der Waals surface area contributed by atoms with E-state index in [0.717, 1.165) is 12.8 Å². The number of carbonyl (C=O) groups is 2. The molecule has 1 fully saturated rings. The molecule has 6 heteroatoms. The minimum Gasteiger partial charge on any atom is -0.480 e. The SMILES string of the molecule is CC(C)[C@H](N)C(=O)NC(C[C@H]1CCCO1)C(=O)O. The number of amides is 1. The highest BCUT2D eigenvalue weighted by Gasteiger charge is 2.28. The van der Waals surface area contributed by atoms with Crippen molar-refractivity contribution in [2.45, 2.75) is 51.3 Å². The first-order chi connectivity index (χ1) is 8.41. The maximum atomic E-state index is 11.7. The Morgan fingerprint density at radius 1 is 1.50 bits per heavy atom. The first-order valence-corrected chi connectivity index (χ1v) is 6.32. The van der Waals surface area contributed by atoms with Gasteiger partial charge in [0, 0.05) is 13.0 Å². The summed E-state index contributed by atoms with van der Waals surface area (Å²) in [5, 5.41) is 11.6. The zero-order valence-electron chi connectivity index (χ0n) is 10.9. The fraction of sp³-hybridized carbons (Fsp3) is 0.833. The minimum atomic E-state index is -1.05. The highest BCUT2D eigenvalue weighted by molar-refractivity contribution is 5.86. The molecule has 0 aromatic carbocycles. The average molecular weight is 258 g/mol. The summed E-state index contributed by atoms with van der Waals surface area (Å²) in [7, 11) is 0. The van der Waals surface area contributed by atoms with Crippen LogP contribution in [0.15, 0.2) is 0 Å². The molecule has 1 amide bonds. The second-order valence-corrected chi connectivity index (χ2v) is 5.04. The molecule has 0 bridgehead atoms. The predicted molar refractivity (Wildman–Crippen MR) is 66.0 cm³/mol. The number of carboxylic acids is 1. The molecule has 6 nitrogen and oxygen atoms in total. The number of carboxylic acid groups (broad SMARTS) is 1. The van der Waals surface area contributed by atoms with Gasteiger partial charge < -0.3 is 20.9 Å². The predicted octanol–water partition coefficient (Wildman–Crippen LogP) is 0.108. The van der Waals surface area contributed by atoms with Crippen molar-refractivity contribution in [2.75, 3.05) is 6.61 Å². The van der Waals surface area contributed by atoms with Crippen LogP contribution in [0.2, 0.25) is 0 Å². The molecule has 1 heterocycles. The van der Waals surface area contributed by atoms with E-state index in [1.807, 2.05) is 13.8 Å². The van der Waals surface area contributed by atoms with Crippen molar-refractivity contribution >= 4 is 11.9 Å². The first-order valence-electron chi connectivity index (χ1n) is 6.32. The van der Waals surface area contributed by atoms with Crippen LogP contribution in [-0.4, -0.2) is 41.8 Å². The van der Waals surface area contributed by atoms with Gasteiger partial charge in [0.05, 0.1) is 12.1 Å². The molecule has 3 atom stereocenters. The Balaban J connectivity index is 2.51. The van der Waals surface area contributed by atoms with E-state index in [2.05, 4.69) is 5.32 Å². The van der Waals surface area contributed by atoms with Gasteiger partial charge in [-0.2, -0.15) is 0 Å². The second kappa shape index (κ2) is 6.70. The molecule has 0 aromatic heterocycles. The molecule has 1 unspecified atom stereocenters. The number of hydrogen-bond acceptors (Lipinski definition) is 4. The fourth-order valence-corrected chi connectivity index (χ4v) is 1.89. The van der Waals surface area contributed by atoms with Crippen LogP contribution in [0.5, 0.6) is 0 Å². The maximum absolute atomic E-state index is 11.7. The van der Waals surface area contributed by atoms with Crippen LogP contribution < -0.4 is 11.1 Å². The summed E-state index contributed by atoms with van der Waals surface area (Å²) in [6.07, 6.45) is 2.00. The number of nitrogens with one attached hydrogen (secondary N) is 1. The van der Waals surface area contributed by atoms with Crippen LogP contribution in [0, 0.1) is 5.92 Å². The van der Waals surface area contributed by atoms with Gasteiger partial charge in [0.1, 0.15) is 6.04 Å². The van der Waals surface area contributed by atoms with E-state index in [4.69, 9.17) is 15.6 Å². The highest BCUT2D eigenvalue weighted by atomic mass is 16.5. The van der Waals surface area contributed by atoms with Gasteiger partial charge in [0.15, 0.2) is 0 Å². The van der Waals surface area contributed by atoms with Crippen LogP contribution in [0.1, 0.15) is 33.1 Å². The van der Waals surface area contributed by atoms with E-state index >= 15 is 0 Å². The average Bonchev–Trinajstić information content (AvgIpc) is 2.79. The van der Waals surface area contributed by atoms with Crippen LogP contribution in [-0.2, 0) is 14.3 Å². The lowest BCUT2D eigenvalue weighted by atomic mass is 10.0. The number of hydrogen-bond donors (Lipinski definition) is 3. The molecular formula is C12H22N2O4. The van der Waals surface area contributed by atoms with Crippen molar-refractivity contribution in [3.8, 4) is 0 Å². The summed E-state index contributed by atoms with van der Waals surface area (Å²) in [5.74, 6) is -1.49. The Kier molecular flexibility index (Phi) is 5.55. The summed E-state index contributed by atoms with van der Waals surface area (Å²) in [6.45, 7) is 4.30. The molecule has 0 radical (unpaired) electrons. The molecule has 1 rings (SSSR count). The summed E-state index contributed by atoms with van der Waals surface area (Å²) >= 11 is 0. The van der Waals surface area contributed by atoms with Crippen molar-refractivity contribution in [3.63, 3.8) is 0 Å². The quantitative estimate of drug-likeness (QED) is 0.627. The molecular weight excluding hydrogens is 236 g/mol. The van der Waals surface area contributed by atoms with E-state index in [1.165, 1.54) is 0 Å². The molecule has 104 valence electrons. The lowest BCUT2D eigenvalue weighted by Crippen LogP contribution is -2.51. The fourth-order valence-electron chi connectivity index (χ4n) is 1.89. The maximum Gasteiger partial charge on any atom is 0.326 e. The van der Waals surface area contributed by atoms with Crippen LogP contribution in [0.25, 0.3) is 0 Å². The van der Waals surface area contributed by atoms with Gasteiger partial charge in [0.25, 0.3) is 0 Å². The van der Waals surface area contributed by atoms with Crippen molar-refractivity contribution in [1.29, 1.82) is 0 Å². The highest BCUT2D eigenvalue weighted by Crippen LogP contribution is 2.17. The smallest absolute Gasteiger partial charge is 0.326 e. The molecule has 0 aliphatic carbocycles. The third-order valence-electron chi connectivity index (χ3n) is 3.16. The normalized spacial score (nSPS) is 22.8. The minimum absolute atomic E-state index is 0.0258. The van der Waals surface area contributed by atoms with Gasteiger partial charge in [-0.15, -0.1) is 0 Å². The van der Waals surface area contributed by atoms with Crippen LogP contribution in [0.4, 0.5) is 0 Å². The Morgan fingerprint density at radius 3 is 2.61 bits per heavy atom. The Hall–Kier alpha value is -1.14. The number of carbonyl (C=O) groups excluding carboxylic acids is 1. The largest absolute Gasteiger partial charge is 0.480 e. The Labute approximate surface area is 107 Å². The van der Waals surface area contributed by atoms with Gasteiger partial charge in [0.2, 0.25) is 5.91 Å². The topological polar surface area (TPSA) is 102 Å². The van der Waals surface area contributed by atoms with E-state index < -0.39 is 24.0 Å². The molecule has 0 saturated carbocycles. The zero-order chi connectivity index (χ0) is 13.7. The monoisotopic (exact) mass is 258 g/mol. The Morgan fingerprint density at radius 2 is 2.17 bits per heavy atom. The molecule has 1 aliphatic heterocycles. The molecule has 0 aromatic rings. The van der Waals surface area contributed by atoms with Crippen molar-refractivity contribution < 1.29 is 19.4 Å². The van der Waals surface area contributed by atoms with Gasteiger partial charge in [-0.3, -0.25) is 4.79 Å². The second-order valence-electron chi connectivity index (χ2n) is 5.04. The van der Waals surface area contributed by atoms with Crippen molar-refractivity contribution in [1.82, 2.24) is 5.32 Å². The molecule has 1 aliphatic rings. The summed E-state index contributed by atoms with van der Waals surface area (Å²) in [6, 6.07) is -1.61. The number of aliphatic carboxylic acids is 1. The summed E-state index contributed by atoms with van der Waals surface area (Å²) < 4.78 is 5.38. The van der Waals surface area contributed by atoms with Gasteiger partial charge >= 0.3 is 5.97 Å². The first kappa shape index (κ1) is 14.9. The molecule has 4 N–H and O–H groups in total.